The number of amides is 2. The van der Waals surface area contributed by atoms with Crippen molar-refractivity contribution in [1.29, 1.82) is 0 Å². The number of aliphatic imine (C=N–C) groups is 1. The third-order valence-electron chi connectivity index (χ3n) is 6.45. The quantitative estimate of drug-likeness (QED) is 0.345. The first-order valence-corrected chi connectivity index (χ1v) is 12.4. The zero-order valence-corrected chi connectivity index (χ0v) is 21.0. The summed E-state index contributed by atoms with van der Waals surface area (Å²) in [7, 11) is 1.39. The maximum Gasteiger partial charge on any atom is 0.245 e. The Morgan fingerprint density at radius 1 is 1.17 bits per heavy atom. The molecule has 2 aromatic rings. The number of likely N-dealkylation sites (tertiary alicyclic amines) is 1. The number of carbonyl (C=O) groups is 2. The van der Waals surface area contributed by atoms with E-state index in [1.54, 1.807) is 6.07 Å². The Morgan fingerprint density at radius 2 is 1.89 bits per heavy atom. The lowest BCUT2D eigenvalue weighted by molar-refractivity contribution is -0.123. The predicted octanol–water partition coefficient (Wildman–Crippen LogP) is 2.61. The molecule has 8 nitrogen and oxygen atoms in total. The summed E-state index contributed by atoms with van der Waals surface area (Å²) in [5.74, 6) is -0.677. The molecule has 1 atom stereocenters. The van der Waals surface area contributed by atoms with E-state index < -0.39 is 11.9 Å². The van der Waals surface area contributed by atoms with Gasteiger partial charge in [-0.15, -0.1) is 0 Å². The second-order valence-electron chi connectivity index (χ2n) is 9.04. The molecule has 0 aromatic heterocycles. The van der Waals surface area contributed by atoms with Gasteiger partial charge in [0.1, 0.15) is 6.04 Å². The SMILES string of the molecule is CCN1CCC(CC(=O)NC(N)=N[C@H](Cc2ccccc2)C(=O)NCc2ccc(F)c(OC)c2)CC1. The minimum Gasteiger partial charge on any atom is -0.494 e. The van der Waals surface area contributed by atoms with Gasteiger partial charge in [0.15, 0.2) is 17.5 Å². The third-order valence-corrected chi connectivity index (χ3v) is 6.45. The highest BCUT2D eigenvalue weighted by Crippen LogP contribution is 2.20. The van der Waals surface area contributed by atoms with Gasteiger partial charge in [-0.1, -0.05) is 43.3 Å². The van der Waals surface area contributed by atoms with E-state index in [1.165, 1.54) is 19.2 Å². The van der Waals surface area contributed by atoms with Crippen molar-refractivity contribution in [2.24, 2.45) is 16.6 Å². The molecule has 0 unspecified atom stereocenters. The van der Waals surface area contributed by atoms with E-state index in [2.05, 4.69) is 27.4 Å². The molecule has 1 aliphatic heterocycles. The number of rotatable bonds is 10. The van der Waals surface area contributed by atoms with E-state index in [9.17, 15) is 14.0 Å². The maximum absolute atomic E-state index is 13.7. The number of piperidine rings is 1. The first-order chi connectivity index (χ1) is 17.4. The molecule has 1 fully saturated rings. The van der Waals surface area contributed by atoms with Crippen molar-refractivity contribution in [3.05, 3.63) is 65.5 Å². The van der Waals surface area contributed by atoms with Crippen LogP contribution in [0.25, 0.3) is 0 Å². The van der Waals surface area contributed by atoms with Crippen LogP contribution in [-0.4, -0.2) is 55.5 Å². The molecule has 1 aliphatic rings. The fourth-order valence-corrected chi connectivity index (χ4v) is 4.32. The van der Waals surface area contributed by atoms with Gasteiger partial charge in [-0.2, -0.15) is 0 Å². The second kappa shape index (κ2) is 13.6. The lowest BCUT2D eigenvalue weighted by Gasteiger charge is -2.30. The standard InChI is InChI=1S/C27H36FN5O3/c1-3-33-13-11-20(12-14-33)17-25(34)32-27(29)31-23(15-19-7-5-4-6-8-19)26(35)30-18-21-9-10-22(28)24(16-21)36-2/h4-10,16,20,23H,3,11-15,17-18H2,1-2H3,(H,30,35)(H3,29,31,32,34)/t23-/m1/s1. The molecule has 0 saturated carbocycles. The van der Waals surface area contributed by atoms with Crippen LogP contribution in [0.15, 0.2) is 53.5 Å². The molecule has 36 heavy (non-hydrogen) atoms. The number of nitrogens with two attached hydrogens (primary N) is 1. The lowest BCUT2D eigenvalue weighted by atomic mass is 9.93. The van der Waals surface area contributed by atoms with E-state index in [-0.39, 0.29) is 30.1 Å². The highest BCUT2D eigenvalue weighted by Gasteiger charge is 2.22. The van der Waals surface area contributed by atoms with Gasteiger partial charge in [-0.05, 0) is 61.7 Å². The van der Waals surface area contributed by atoms with Crippen LogP contribution in [0.4, 0.5) is 4.39 Å². The molecule has 2 aromatic carbocycles. The van der Waals surface area contributed by atoms with Crippen LogP contribution in [0, 0.1) is 11.7 Å². The first kappa shape index (κ1) is 27.1. The van der Waals surface area contributed by atoms with Gasteiger partial charge in [0, 0.05) is 19.4 Å². The number of guanidine groups is 1. The summed E-state index contributed by atoms with van der Waals surface area (Å²) < 4.78 is 18.7. The smallest absolute Gasteiger partial charge is 0.245 e. The van der Waals surface area contributed by atoms with Crippen molar-refractivity contribution in [1.82, 2.24) is 15.5 Å². The Labute approximate surface area is 212 Å². The molecule has 1 saturated heterocycles. The summed E-state index contributed by atoms with van der Waals surface area (Å²) in [4.78, 5) is 32.3. The number of nitrogens with one attached hydrogen (secondary N) is 2. The topological polar surface area (TPSA) is 109 Å². The largest absolute Gasteiger partial charge is 0.494 e. The van der Waals surface area contributed by atoms with Crippen LogP contribution in [0.2, 0.25) is 0 Å². The number of nitrogens with zero attached hydrogens (tertiary/aromatic N) is 2. The zero-order chi connectivity index (χ0) is 25.9. The fourth-order valence-electron chi connectivity index (χ4n) is 4.32. The second-order valence-corrected chi connectivity index (χ2v) is 9.04. The van der Waals surface area contributed by atoms with Gasteiger partial charge in [-0.3, -0.25) is 14.9 Å². The number of methoxy groups -OCH3 is 1. The van der Waals surface area contributed by atoms with Crippen molar-refractivity contribution in [3.63, 3.8) is 0 Å². The summed E-state index contributed by atoms with van der Waals surface area (Å²) in [5, 5.41) is 5.48. The van der Waals surface area contributed by atoms with Crippen LogP contribution < -0.4 is 21.1 Å². The molecule has 9 heteroatoms. The minimum absolute atomic E-state index is 0.0782. The van der Waals surface area contributed by atoms with E-state index in [4.69, 9.17) is 10.5 Å². The predicted molar refractivity (Wildman–Crippen MR) is 138 cm³/mol. The summed E-state index contributed by atoms with van der Waals surface area (Å²) in [6.07, 6.45) is 2.65. The first-order valence-electron chi connectivity index (χ1n) is 12.4. The number of ether oxygens (including phenoxy) is 1. The Morgan fingerprint density at radius 3 is 2.56 bits per heavy atom. The summed E-state index contributed by atoms with van der Waals surface area (Å²) in [5.41, 5.74) is 7.64. The van der Waals surface area contributed by atoms with Crippen molar-refractivity contribution in [2.45, 2.75) is 45.2 Å². The number of halogens is 1. The van der Waals surface area contributed by atoms with Crippen LogP contribution in [0.5, 0.6) is 5.75 Å². The van der Waals surface area contributed by atoms with Gasteiger partial charge in [0.2, 0.25) is 11.8 Å². The molecule has 194 valence electrons. The molecule has 1 heterocycles. The Bertz CT molecular complexity index is 1040. The molecule has 4 N–H and O–H groups in total. The Balaban J connectivity index is 1.62. The van der Waals surface area contributed by atoms with Gasteiger partial charge in [0.25, 0.3) is 0 Å². The van der Waals surface area contributed by atoms with Crippen LogP contribution in [0.1, 0.15) is 37.3 Å². The number of hydrogen-bond donors (Lipinski definition) is 3. The van der Waals surface area contributed by atoms with Crippen molar-refractivity contribution in [3.8, 4) is 5.75 Å². The van der Waals surface area contributed by atoms with E-state index in [1.807, 2.05) is 30.3 Å². The molecule has 3 rings (SSSR count). The number of hydrogen-bond acceptors (Lipinski definition) is 5. The summed E-state index contributed by atoms with van der Waals surface area (Å²) in [6, 6.07) is 13.0. The van der Waals surface area contributed by atoms with E-state index in [0.717, 1.165) is 38.0 Å². The molecule has 0 radical (unpaired) electrons. The molecule has 0 bridgehead atoms. The molecule has 2 amide bonds. The number of benzene rings is 2. The minimum atomic E-state index is -0.845. The average molecular weight is 498 g/mol. The van der Waals surface area contributed by atoms with E-state index >= 15 is 0 Å². The third kappa shape index (κ3) is 8.34. The van der Waals surface area contributed by atoms with Crippen LogP contribution >= 0.6 is 0 Å². The van der Waals surface area contributed by atoms with Crippen LogP contribution in [-0.2, 0) is 22.6 Å². The monoisotopic (exact) mass is 497 g/mol. The number of carbonyl (C=O) groups excluding carboxylic acids is 2. The van der Waals surface area contributed by atoms with Gasteiger partial charge < -0.3 is 20.7 Å². The highest BCUT2D eigenvalue weighted by molar-refractivity contribution is 5.97. The van der Waals surface area contributed by atoms with Crippen molar-refractivity contribution < 1.29 is 18.7 Å². The zero-order valence-electron chi connectivity index (χ0n) is 21.0. The van der Waals surface area contributed by atoms with Crippen molar-refractivity contribution in [2.75, 3.05) is 26.7 Å². The van der Waals surface area contributed by atoms with Gasteiger partial charge in [0.05, 0.1) is 7.11 Å². The average Bonchev–Trinajstić information content (AvgIpc) is 2.88. The van der Waals surface area contributed by atoms with Gasteiger partial charge in [-0.25, -0.2) is 9.38 Å². The molecular weight excluding hydrogens is 461 g/mol. The van der Waals surface area contributed by atoms with Crippen LogP contribution in [0.3, 0.4) is 0 Å². The molecule has 0 aliphatic carbocycles. The summed E-state index contributed by atoms with van der Waals surface area (Å²) in [6.45, 7) is 5.33. The normalized spacial score (nSPS) is 15.8. The van der Waals surface area contributed by atoms with Gasteiger partial charge >= 0.3 is 0 Å². The fraction of sp³-hybridized carbons (Fsp3) is 0.444. The Hall–Kier alpha value is -3.46. The lowest BCUT2D eigenvalue weighted by Crippen LogP contribution is -2.42. The molecule has 0 spiro atoms. The highest BCUT2D eigenvalue weighted by atomic mass is 19.1. The van der Waals surface area contributed by atoms with E-state index in [0.29, 0.717) is 24.3 Å². The maximum atomic E-state index is 13.7. The Kier molecular flexibility index (Phi) is 10.2. The summed E-state index contributed by atoms with van der Waals surface area (Å²) >= 11 is 0. The van der Waals surface area contributed by atoms with Crippen molar-refractivity contribution >= 4 is 17.8 Å². The molecular formula is C27H36FN5O3.